The number of hydrogen-bond donors (Lipinski definition) is 1. The maximum absolute atomic E-state index is 8.73. The third-order valence-electron chi connectivity index (χ3n) is 2.03. The van der Waals surface area contributed by atoms with E-state index in [4.69, 9.17) is 27.3 Å². The Labute approximate surface area is 93.7 Å². The van der Waals surface area contributed by atoms with Crippen molar-refractivity contribution in [1.82, 2.24) is 0 Å². The maximum Gasteiger partial charge on any atom is 0.129 e. The van der Waals surface area contributed by atoms with Crippen LogP contribution >= 0.6 is 11.6 Å². The molecular weight excluding hydrogens is 212 g/mol. The average molecular weight is 223 g/mol. The van der Waals surface area contributed by atoms with E-state index in [0.717, 1.165) is 0 Å². The first-order valence-electron chi connectivity index (χ1n) is 4.30. The van der Waals surface area contributed by atoms with Gasteiger partial charge in [-0.25, -0.2) is 0 Å². The smallest absolute Gasteiger partial charge is 0.129 e. The van der Waals surface area contributed by atoms with Crippen molar-refractivity contribution >= 4 is 17.3 Å². The highest BCUT2D eigenvalue weighted by molar-refractivity contribution is 6.30. The van der Waals surface area contributed by atoms with Gasteiger partial charge >= 0.3 is 0 Å². The Morgan fingerprint density at radius 1 is 1.53 bits per heavy atom. The highest BCUT2D eigenvalue weighted by Gasteiger charge is 2.08. The summed E-state index contributed by atoms with van der Waals surface area (Å²) in [5.41, 5.74) is 7.35. The van der Waals surface area contributed by atoms with Gasteiger partial charge in [-0.05, 0) is 25.1 Å². The fourth-order valence-corrected chi connectivity index (χ4v) is 1.31. The molecule has 0 radical (unpaired) electrons. The van der Waals surface area contributed by atoms with E-state index in [0.29, 0.717) is 27.6 Å². The lowest BCUT2D eigenvalue weighted by Gasteiger charge is -2.09. The second-order valence-corrected chi connectivity index (χ2v) is 3.43. The highest BCUT2D eigenvalue weighted by Crippen LogP contribution is 2.27. The quantitative estimate of drug-likeness (QED) is 0.783. The molecule has 78 valence electrons. The molecule has 4 heteroatoms. The van der Waals surface area contributed by atoms with Crippen LogP contribution in [0.3, 0.4) is 0 Å². The lowest BCUT2D eigenvalue weighted by molar-refractivity contribution is 0.413. The number of nitrogens with zero attached hydrogens (tertiary/aromatic N) is 1. The first-order valence-corrected chi connectivity index (χ1v) is 4.68. The Balaban J connectivity index is 3.33. The predicted molar refractivity (Wildman–Crippen MR) is 60.4 cm³/mol. The molecule has 0 aliphatic heterocycles. The van der Waals surface area contributed by atoms with Gasteiger partial charge in [-0.15, -0.1) is 0 Å². The number of nitrogens with two attached hydrogens (primary N) is 1. The van der Waals surface area contributed by atoms with E-state index in [9.17, 15) is 0 Å². The summed E-state index contributed by atoms with van der Waals surface area (Å²) in [6.45, 7) is 1.66. The molecule has 0 aliphatic rings. The first kappa shape index (κ1) is 11.4. The van der Waals surface area contributed by atoms with E-state index in [-0.39, 0.29) is 0 Å². The van der Waals surface area contributed by atoms with Gasteiger partial charge in [0.05, 0.1) is 24.4 Å². The minimum atomic E-state index is 0.408. The number of hydrogen-bond acceptors (Lipinski definition) is 3. The van der Waals surface area contributed by atoms with Crippen LogP contribution in [-0.4, -0.2) is 7.11 Å². The molecular formula is C11H11ClN2O. The van der Waals surface area contributed by atoms with Crippen molar-refractivity contribution in [1.29, 1.82) is 5.26 Å². The average Bonchev–Trinajstić information content (AvgIpc) is 2.26. The maximum atomic E-state index is 8.73. The number of methoxy groups -OCH3 is 1. The van der Waals surface area contributed by atoms with E-state index >= 15 is 0 Å². The number of allylic oxidation sites excluding steroid dienone is 1. The third-order valence-corrected chi connectivity index (χ3v) is 2.26. The SMILES string of the molecule is COc1cc(Cl)ccc1/C(N)=C(/C)C#N. The largest absolute Gasteiger partial charge is 0.496 e. The molecule has 0 fully saturated rings. The number of rotatable bonds is 2. The van der Waals surface area contributed by atoms with Gasteiger partial charge in [0.2, 0.25) is 0 Å². The van der Waals surface area contributed by atoms with Crippen LogP contribution < -0.4 is 10.5 Å². The molecule has 0 atom stereocenters. The van der Waals surface area contributed by atoms with Crippen LogP contribution in [0.25, 0.3) is 5.70 Å². The summed E-state index contributed by atoms with van der Waals surface area (Å²) in [6, 6.07) is 7.10. The van der Waals surface area contributed by atoms with Crippen molar-refractivity contribution in [2.45, 2.75) is 6.92 Å². The van der Waals surface area contributed by atoms with E-state index in [1.54, 1.807) is 25.1 Å². The van der Waals surface area contributed by atoms with Crippen molar-refractivity contribution in [3.8, 4) is 11.8 Å². The molecule has 3 nitrogen and oxygen atoms in total. The molecule has 0 aliphatic carbocycles. The monoisotopic (exact) mass is 222 g/mol. The molecule has 1 aromatic rings. The summed E-state index contributed by atoms with van der Waals surface area (Å²) in [4.78, 5) is 0. The molecule has 0 bridgehead atoms. The van der Waals surface area contributed by atoms with Gasteiger partial charge in [-0.3, -0.25) is 0 Å². The minimum Gasteiger partial charge on any atom is -0.496 e. The lowest BCUT2D eigenvalue weighted by atomic mass is 10.1. The number of benzene rings is 1. The van der Waals surface area contributed by atoms with Crippen LogP contribution in [-0.2, 0) is 0 Å². The zero-order valence-corrected chi connectivity index (χ0v) is 9.30. The summed E-state index contributed by atoms with van der Waals surface area (Å²) in [5, 5.41) is 9.30. The van der Waals surface area contributed by atoms with Gasteiger partial charge in [0.25, 0.3) is 0 Å². The van der Waals surface area contributed by atoms with E-state index < -0.39 is 0 Å². The molecule has 0 amide bonds. The van der Waals surface area contributed by atoms with Gasteiger partial charge in [-0.2, -0.15) is 5.26 Å². The zero-order valence-electron chi connectivity index (χ0n) is 8.54. The van der Waals surface area contributed by atoms with Crippen molar-refractivity contribution in [2.75, 3.05) is 7.11 Å². The molecule has 0 saturated carbocycles. The van der Waals surface area contributed by atoms with E-state index in [1.165, 1.54) is 7.11 Å². The highest BCUT2D eigenvalue weighted by atomic mass is 35.5. The Hall–Kier alpha value is -1.66. The summed E-state index contributed by atoms with van der Waals surface area (Å²) in [5.74, 6) is 0.564. The lowest BCUT2D eigenvalue weighted by Crippen LogP contribution is -2.01. The molecule has 1 rings (SSSR count). The molecule has 0 aromatic heterocycles. The van der Waals surface area contributed by atoms with Crippen molar-refractivity contribution < 1.29 is 4.74 Å². The minimum absolute atomic E-state index is 0.408. The van der Waals surface area contributed by atoms with Gasteiger partial charge in [0.1, 0.15) is 5.75 Å². The third kappa shape index (κ3) is 2.42. The number of ether oxygens (including phenoxy) is 1. The summed E-state index contributed by atoms with van der Waals surface area (Å²) < 4.78 is 5.13. The topological polar surface area (TPSA) is 59.0 Å². The molecule has 2 N–H and O–H groups in total. The first-order chi connectivity index (χ1) is 7.10. The molecule has 0 saturated heterocycles. The van der Waals surface area contributed by atoms with Crippen molar-refractivity contribution in [3.05, 3.63) is 34.4 Å². The van der Waals surface area contributed by atoms with Crippen molar-refractivity contribution in [2.24, 2.45) is 5.73 Å². The zero-order chi connectivity index (χ0) is 11.4. The van der Waals surface area contributed by atoms with Crippen LogP contribution in [0, 0.1) is 11.3 Å². The molecule has 0 spiro atoms. The van der Waals surface area contributed by atoms with Gasteiger partial charge in [-0.1, -0.05) is 11.6 Å². The molecule has 0 heterocycles. The predicted octanol–water partition coefficient (Wildman–Crippen LogP) is 2.56. The molecule has 1 aromatic carbocycles. The number of halogens is 1. The second kappa shape index (κ2) is 4.72. The van der Waals surface area contributed by atoms with Gasteiger partial charge in [0.15, 0.2) is 0 Å². The van der Waals surface area contributed by atoms with Gasteiger partial charge < -0.3 is 10.5 Å². The van der Waals surface area contributed by atoms with Crippen LogP contribution in [0.5, 0.6) is 5.75 Å². The summed E-state index contributed by atoms with van der Waals surface area (Å²) >= 11 is 5.81. The van der Waals surface area contributed by atoms with E-state index in [1.807, 2.05) is 6.07 Å². The summed E-state index contributed by atoms with van der Waals surface area (Å²) in [7, 11) is 1.53. The Kier molecular flexibility index (Phi) is 3.59. The second-order valence-electron chi connectivity index (χ2n) is 3.00. The van der Waals surface area contributed by atoms with Crippen LogP contribution in [0.4, 0.5) is 0 Å². The van der Waals surface area contributed by atoms with Crippen LogP contribution in [0.2, 0.25) is 5.02 Å². The number of nitriles is 1. The Morgan fingerprint density at radius 3 is 2.73 bits per heavy atom. The Morgan fingerprint density at radius 2 is 2.20 bits per heavy atom. The van der Waals surface area contributed by atoms with Crippen LogP contribution in [0.15, 0.2) is 23.8 Å². The Bertz CT molecular complexity index is 446. The molecule has 0 unspecified atom stereocenters. The molecule has 15 heavy (non-hydrogen) atoms. The normalized spacial score (nSPS) is 11.6. The fourth-order valence-electron chi connectivity index (χ4n) is 1.15. The fraction of sp³-hybridized carbons (Fsp3) is 0.182. The standard InChI is InChI=1S/C11H11ClN2O/c1-7(6-13)11(14)9-4-3-8(12)5-10(9)15-2/h3-5H,14H2,1-2H3/b11-7+. The van der Waals surface area contributed by atoms with Crippen molar-refractivity contribution in [3.63, 3.8) is 0 Å². The summed E-state index contributed by atoms with van der Waals surface area (Å²) in [6.07, 6.45) is 0. The van der Waals surface area contributed by atoms with E-state index in [2.05, 4.69) is 0 Å². The van der Waals surface area contributed by atoms with Crippen LogP contribution in [0.1, 0.15) is 12.5 Å². The van der Waals surface area contributed by atoms with Gasteiger partial charge in [0, 0.05) is 10.6 Å².